The molecule has 0 radical (unpaired) electrons. The van der Waals surface area contributed by atoms with Gasteiger partial charge in [-0.05, 0) is 31.9 Å². The number of benzene rings is 1. The molecule has 2 aromatic rings. The van der Waals surface area contributed by atoms with Crippen molar-refractivity contribution in [3.05, 3.63) is 41.7 Å². The summed E-state index contributed by atoms with van der Waals surface area (Å²) in [6.07, 6.45) is 2.55. The van der Waals surface area contributed by atoms with E-state index < -0.39 is 21.9 Å². The van der Waals surface area contributed by atoms with Crippen LogP contribution in [0.5, 0.6) is 0 Å². The van der Waals surface area contributed by atoms with Gasteiger partial charge < -0.3 is 10.6 Å². The Morgan fingerprint density at radius 1 is 1.40 bits per heavy atom. The third-order valence-electron chi connectivity index (χ3n) is 4.62. The number of nitrogens with zero attached hydrogens (tertiary/aromatic N) is 2. The van der Waals surface area contributed by atoms with E-state index in [-0.39, 0.29) is 11.8 Å². The van der Waals surface area contributed by atoms with Crippen LogP contribution in [0.15, 0.2) is 35.4 Å². The van der Waals surface area contributed by atoms with Crippen molar-refractivity contribution in [1.82, 2.24) is 15.1 Å². The molecule has 0 spiro atoms. The Kier molecular flexibility index (Phi) is 4.55. The Bertz CT molecular complexity index is 904. The van der Waals surface area contributed by atoms with Gasteiger partial charge in [0.1, 0.15) is 0 Å². The van der Waals surface area contributed by atoms with Gasteiger partial charge in [-0.15, -0.1) is 0 Å². The average molecular weight is 362 g/mol. The zero-order valence-corrected chi connectivity index (χ0v) is 15.3. The van der Waals surface area contributed by atoms with Gasteiger partial charge in [0.25, 0.3) is 0 Å². The minimum Gasteiger partial charge on any atom is -0.330 e. The first-order chi connectivity index (χ1) is 11.8. The molecule has 2 unspecified atom stereocenters. The molecule has 2 amide bonds. The smallest absolute Gasteiger partial charge is 0.319 e. The van der Waals surface area contributed by atoms with Crippen LogP contribution in [-0.2, 0) is 9.84 Å². The molecule has 2 N–H and O–H groups in total. The molecule has 1 aliphatic heterocycles. The minimum absolute atomic E-state index is 0.120. The van der Waals surface area contributed by atoms with Gasteiger partial charge in [-0.1, -0.05) is 25.1 Å². The molecule has 0 saturated carbocycles. The molecular weight excluding hydrogens is 340 g/mol. The van der Waals surface area contributed by atoms with Gasteiger partial charge in [-0.2, -0.15) is 5.10 Å². The van der Waals surface area contributed by atoms with Crippen LogP contribution in [0.4, 0.5) is 10.5 Å². The number of amides is 2. The van der Waals surface area contributed by atoms with Crippen molar-refractivity contribution < 1.29 is 13.2 Å². The predicted molar refractivity (Wildman–Crippen MR) is 95.4 cm³/mol. The number of carbonyl (C=O) groups excluding carboxylic acids is 1. The first kappa shape index (κ1) is 17.5. The highest BCUT2D eigenvalue weighted by atomic mass is 32.2. The van der Waals surface area contributed by atoms with Crippen LogP contribution in [-0.4, -0.2) is 30.0 Å². The van der Waals surface area contributed by atoms with Gasteiger partial charge in [-0.25, -0.2) is 13.2 Å². The van der Waals surface area contributed by atoms with Crippen molar-refractivity contribution in [2.24, 2.45) is 0 Å². The molecule has 2 atom stereocenters. The molecule has 2 heterocycles. The second-order valence-corrected chi connectivity index (χ2v) is 8.32. The molecule has 8 heteroatoms. The van der Waals surface area contributed by atoms with Crippen LogP contribution in [0, 0.1) is 6.92 Å². The highest BCUT2D eigenvalue weighted by molar-refractivity contribution is 7.91. The first-order valence-corrected chi connectivity index (χ1v) is 9.92. The van der Waals surface area contributed by atoms with Crippen molar-refractivity contribution in [2.45, 2.75) is 44.2 Å². The fourth-order valence-corrected chi connectivity index (χ4v) is 4.79. The summed E-state index contributed by atoms with van der Waals surface area (Å²) in [7, 11) is -3.35. The monoisotopic (exact) mass is 362 g/mol. The molecule has 1 aromatic carbocycles. The summed E-state index contributed by atoms with van der Waals surface area (Å²) in [4.78, 5) is 12.6. The van der Waals surface area contributed by atoms with Crippen LogP contribution >= 0.6 is 0 Å². The van der Waals surface area contributed by atoms with E-state index in [2.05, 4.69) is 29.6 Å². The summed E-state index contributed by atoms with van der Waals surface area (Å²) in [5, 5.41) is 9.83. The van der Waals surface area contributed by atoms with Crippen LogP contribution in [0.1, 0.15) is 43.6 Å². The first-order valence-electron chi connectivity index (χ1n) is 8.26. The number of carbonyl (C=O) groups is 1. The van der Waals surface area contributed by atoms with E-state index in [4.69, 9.17) is 0 Å². The van der Waals surface area contributed by atoms with Crippen LogP contribution in [0.3, 0.4) is 0 Å². The largest absolute Gasteiger partial charge is 0.330 e. The Labute approximate surface area is 147 Å². The molecular formula is C17H22N4O3S. The maximum absolute atomic E-state index is 12.3. The number of fused-ring (bicyclic) bond motifs is 1. The number of aromatic nitrogens is 2. The van der Waals surface area contributed by atoms with Crippen LogP contribution in [0.25, 0.3) is 0 Å². The van der Waals surface area contributed by atoms with E-state index >= 15 is 0 Å². The van der Waals surface area contributed by atoms with Crippen molar-refractivity contribution in [3.8, 4) is 0 Å². The maximum Gasteiger partial charge on any atom is 0.319 e. The molecule has 7 nitrogen and oxygen atoms in total. The Hall–Kier alpha value is -2.35. The molecule has 3 rings (SSSR count). The zero-order chi connectivity index (χ0) is 18.2. The number of hydrogen-bond acceptors (Lipinski definition) is 4. The van der Waals surface area contributed by atoms with Crippen molar-refractivity contribution in [2.75, 3.05) is 11.1 Å². The highest BCUT2D eigenvalue weighted by Gasteiger charge is 2.35. The SMILES string of the molecule is CCC(C)n1ncc(NC(=O)NC2CS(=O)(=O)c3ccccc32)c1C. The van der Waals surface area contributed by atoms with E-state index in [0.29, 0.717) is 16.1 Å². The summed E-state index contributed by atoms with van der Waals surface area (Å²) in [5.74, 6) is -0.120. The van der Waals surface area contributed by atoms with Crippen molar-refractivity contribution in [3.63, 3.8) is 0 Å². The van der Waals surface area contributed by atoms with Gasteiger partial charge in [-0.3, -0.25) is 4.68 Å². The van der Waals surface area contributed by atoms with Gasteiger partial charge in [0, 0.05) is 6.04 Å². The average Bonchev–Trinajstić information content (AvgIpc) is 3.05. The summed E-state index contributed by atoms with van der Waals surface area (Å²) in [6, 6.07) is 6.01. The Morgan fingerprint density at radius 2 is 2.12 bits per heavy atom. The number of nitrogens with one attached hydrogen (secondary N) is 2. The third kappa shape index (κ3) is 3.26. The lowest BCUT2D eigenvalue weighted by atomic mass is 10.1. The summed E-state index contributed by atoms with van der Waals surface area (Å²) >= 11 is 0. The molecule has 1 aromatic heterocycles. The lowest BCUT2D eigenvalue weighted by Gasteiger charge is -2.14. The second-order valence-electron chi connectivity index (χ2n) is 6.32. The van der Waals surface area contributed by atoms with Crippen LogP contribution < -0.4 is 10.6 Å². The summed E-state index contributed by atoms with van der Waals surface area (Å²) in [5.41, 5.74) is 2.11. The topological polar surface area (TPSA) is 93.1 Å². The second kappa shape index (κ2) is 6.51. The molecule has 25 heavy (non-hydrogen) atoms. The molecule has 0 fully saturated rings. The van der Waals surface area contributed by atoms with Crippen molar-refractivity contribution >= 4 is 21.6 Å². The van der Waals surface area contributed by atoms with Gasteiger partial charge in [0.05, 0.1) is 34.3 Å². The lowest BCUT2D eigenvalue weighted by molar-refractivity contribution is 0.249. The van der Waals surface area contributed by atoms with E-state index in [1.54, 1.807) is 30.5 Å². The molecule has 0 aliphatic carbocycles. The molecule has 0 bridgehead atoms. The number of hydrogen-bond donors (Lipinski definition) is 2. The summed E-state index contributed by atoms with van der Waals surface area (Å²) in [6.45, 7) is 6.03. The standard InChI is InChI=1S/C17H22N4O3S/c1-4-11(2)21-12(3)14(9-18-21)19-17(22)20-15-10-25(23,24)16-8-6-5-7-13(15)16/h5-9,11,15H,4,10H2,1-3H3,(H2,19,20,22). The third-order valence-corrected chi connectivity index (χ3v) is 6.44. The number of urea groups is 1. The normalized spacial score (nSPS) is 19.2. The van der Waals surface area contributed by atoms with Gasteiger partial charge in [0.2, 0.25) is 0 Å². The fraction of sp³-hybridized carbons (Fsp3) is 0.412. The zero-order valence-electron chi connectivity index (χ0n) is 14.5. The van der Waals surface area contributed by atoms with Gasteiger partial charge in [0.15, 0.2) is 9.84 Å². The highest BCUT2D eigenvalue weighted by Crippen LogP contribution is 2.33. The van der Waals surface area contributed by atoms with Crippen LogP contribution in [0.2, 0.25) is 0 Å². The quantitative estimate of drug-likeness (QED) is 0.874. The predicted octanol–water partition coefficient (Wildman–Crippen LogP) is 2.81. The van der Waals surface area contributed by atoms with E-state index in [1.165, 1.54) is 0 Å². The molecule has 1 aliphatic rings. The maximum atomic E-state index is 12.3. The number of anilines is 1. The summed E-state index contributed by atoms with van der Waals surface area (Å²) < 4.78 is 26.2. The van der Waals surface area contributed by atoms with Gasteiger partial charge >= 0.3 is 6.03 Å². The lowest BCUT2D eigenvalue weighted by Crippen LogP contribution is -2.33. The number of rotatable bonds is 4. The fourth-order valence-electron chi connectivity index (χ4n) is 3.05. The molecule has 134 valence electrons. The van der Waals surface area contributed by atoms with E-state index in [0.717, 1.165) is 12.1 Å². The number of sulfone groups is 1. The minimum atomic E-state index is -3.35. The Morgan fingerprint density at radius 3 is 2.84 bits per heavy atom. The van der Waals surface area contributed by atoms with Crippen molar-refractivity contribution in [1.29, 1.82) is 0 Å². The Balaban J connectivity index is 1.74. The van der Waals surface area contributed by atoms with E-state index in [9.17, 15) is 13.2 Å². The van der Waals surface area contributed by atoms with E-state index in [1.807, 2.05) is 11.6 Å². The molecule has 0 saturated heterocycles.